The lowest BCUT2D eigenvalue weighted by molar-refractivity contribution is 0.175. The van der Waals surface area contributed by atoms with E-state index in [4.69, 9.17) is 4.74 Å². The molecular formula is C11H23NO. The minimum absolute atomic E-state index is 0.701. The zero-order valence-corrected chi connectivity index (χ0v) is 9.01. The quantitative estimate of drug-likeness (QED) is 0.685. The van der Waals surface area contributed by atoms with Gasteiger partial charge in [-0.3, -0.25) is 0 Å². The summed E-state index contributed by atoms with van der Waals surface area (Å²) in [6, 6.07) is 0.701. The fraction of sp³-hybridized carbons (Fsp3) is 1.00. The van der Waals surface area contributed by atoms with Gasteiger partial charge in [0.1, 0.15) is 0 Å². The first-order valence-corrected chi connectivity index (χ1v) is 5.69. The fourth-order valence-electron chi connectivity index (χ4n) is 2.02. The van der Waals surface area contributed by atoms with Gasteiger partial charge in [0.05, 0.1) is 6.61 Å². The molecule has 1 aliphatic heterocycles. The van der Waals surface area contributed by atoms with Gasteiger partial charge in [0, 0.05) is 12.6 Å². The van der Waals surface area contributed by atoms with E-state index in [1.54, 1.807) is 0 Å². The minimum Gasteiger partial charge on any atom is -0.381 e. The Balaban J connectivity index is 2.26. The first kappa shape index (κ1) is 11.0. The van der Waals surface area contributed by atoms with Crippen molar-refractivity contribution in [1.82, 2.24) is 5.32 Å². The molecule has 0 aliphatic carbocycles. The summed E-state index contributed by atoms with van der Waals surface area (Å²) in [5.41, 5.74) is 0. The van der Waals surface area contributed by atoms with E-state index >= 15 is 0 Å². The van der Waals surface area contributed by atoms with E-state index in [2.05, 4.69) is 19.2 Å². The van der Waals surface area contributed by atoms with Gasteiger partial charge in [-0.15, -0.1) is 0 Å². The summed E-state index contributed by atoms with van der Waals surface area (Å²) in [5.74, 6) is 0.770. The first-order chi connectivity index (χ1) is 6.38. The molecule has 2 unspecified atom stereocenters. The predicted molar refractivity (Wildman–Crippen MR) is 55.9 cm³/mol. The molecule has 1 aliphatic rings. The lowest BCUT2D eigenvalue weighted by Gasteiger charge is -2.23. The van der Waals surface area contributed by atoms with Crippen LogP contribution in [0.4, 0.5) is 0 Å². The van der Waals surface area contributed by atoms with E-state index in [-0.39, 0.29) is 0 Å². The third-order valence-electron chi connectivity index (χ3n) is 2.79. The molecule has 0 saturated carbocycles. The third-order valence-corrected chi connectivity index (χ3v) is 2.79. The Kier molecular flexibility index (Phi) is 5.40. The van der Waals surface area contributed by atoms with Crippen LogP contribution in [-0.4, -0.2) is 25.8 Å². The molecule has 2 heteroatoms. The second kappa shape index (κ2) is 6.39. The monoisotopic (exact) mass is 185 g/mol. The zero-order valence-electron chi connectivity index (χ0n) is 9.01. The van der Waals surface area contributed by atoms with Crippen molar-refractivity contribution in [3.8, 4) is 0 Å². The van der Waals surface area contributed by atoms with Gasteiger partial charge in [0.25, 0.3) is 0 Å². The van der Waals surface area contributed by atoms with E-state index in [9.17, 15) is 0 Å². The molecule has 0 aromatic heterocycles. The third kappa shape index (κ3) is 3.65. The van der Waals surface area contributed by atoms with E-state index in [1.807, 2.05) is 0 Å². The van der Waals surface area contributed by atoms with Crippen molar-refractivity contribution >= 4 is 0 Å². The van der Waals surface area contributed by atoms with Gasteiger partial charge in [-0.25, -0.2) is 0 Å². The SMILES string of the molecule is CCCNC(CCC)C1CCOC1. The summed E-state index contributed by atoms with van der Waals surface area (Å²) < 4.78 is 5.42. The molecule has 1 heterocycles. The highest BCUT2D eigenvalue weighted by Gasteiger charge is 2.24. The standard InChI is InChI=1S/C11H23NO/c1-3-5-11(12-7-4-2)10-6-8-13-9-10/h10-12H,3-9H2,1-2H3. The highest BCUT2D eigenvalue weighted by Crippen LogP contribution is 2.19. The predicted octanol–water partition coefficient (Wildman–Crippen LogP) is 2.19. The molecule has 2 atom stereocenters. The maximum Gasteiger partial charge on any atom is 0.0510 e. The highest BCUT2D eigenvalue weighted by molar-refractivity contribution is 4.78. The summed E-state index contributed by atoms with van der Waals surface area (Å²) in [7, 11) is 0. The molecule has 1 rings (SSSR count). The van der Waals surface area contributed by atoms with Crippen molar-refractivity contribution in [2.45, 2.75) is 45.6 Å². The molecule has 1 fully saturated rings. The maximum atomic E-state index is 5.42. The van der Waals surface area contributed by atoms with Crippen LogP contribution in [0.25, 0.3) is 0 Å². The van der Waals surface area contributed by atoms with E-state index in [0.29, 0.717) is 6.04 Å². The molecule has 0 spiro atoms. The van der Waals surface area contributed by atoms with Crippen LogP contribution in [0.1, 0.15) is 39.5 Å². The van der Waals surface area contributed by atoms with Crippen molar-refractivity contribution in [2.24, 2.45) is 5.92 Å². The van der Waals surface area contributed by atoms with Crippen molar-refractivity contribution in [2.75, 3.05) is 19.8 Å². The van der Waals surface area contributed by atoms with Crippen molar-refractivity contribution in [3.05, 3.63) is 0 Å². The largest absolute Gasteiger partial charge is 0.381 e. The Morgan fingerprint density at radius 2 is 2.23 bits per heavy atom. The molecule has 1 N–H and O–H groups in total. The Labute approximate surface area is 82.0 Å². The van der Waals surface area contributed by atoms with Crippen molar-refractivity contribution < 1.29 is 4.74 Å². The molecule has 0 radical (unpaired) electrons. The molecule has 0 amide bonds. The van der Waals surface area contributed by atoms with Gasteiger partial charge in [0.2, 0.25) is 0 Å². The van der Waals surface area contributed by atoms with Gasteiger partial charge in [-0.2, -0.15) is 0 Å². The molecule has 0 aromatic carbocycles. The minimum atomic E-state index is 0.701. The summed E-state index contributed by atoms with van der Waals surface area (Å²) in [5, 5.41) is 3.63. The average molecular weight is 185 g/mol. The Morgan fingerprint density at radius 1 is 1.38 bits per heavy atom. The van der Waals surface area contributed by atoms with Crippen LogP contribution in [0.2, 0.25) is 0 Å². The Hall–Kier alpha value is -0.0800. The Morgan fingerprint density at radius 3 is 2.77 bits per heavy atom. The van der Waals surface area contributed by atoms with Crippen LogP contribution in [0, 0.1) is 5.92 Å². The summed E-state index contributed by atoms with van der Waals surface area (Å²) in [4.78, 5) is 0. The van der Waals surface area contributed by atoms with Crippen LogP contribution in [0.3, 0.4) is 0 Å². The van der Waals surface area contributed by atoms with Gasteiger partial charge >= 0.3 is 0 Å². The van der Waals surface area contributed by atoms with Gasteiger partial charge < -0.3 is 10.1 Å². The number of hydrogen-bond acceptors (Lipinski definition) is 2. The lowest BCUT2D eigenvalue weighted by atomic mass is 9.95. The van der Waals surface area contributed by atoms with Gasteiger partial charge in [-0.1, -0.05) is 20.3 Å². The van der Waals surface area contributed by atoms with Crippen LogP contribution in [-0.2, 0) is 4.74 Å². The Bertz CT molecular complexity index is 121. The van der Waals surface area contributed by atoms with Crippen LogP contribution >= 0.6 is 0 Å². The van der Waals surface area contributed by atoms with Crippen LogP contribution in [0.5, 0.6) is 0 Å². The van der Waals surface area contributed by atoms with Crippen LogP contribution in [0.15, 0.2) is 0 Å². The summed E-state index contributed by atoms with van der Waals surface area (Å²) >= 11 is 0. The second-order valence-corrected chi connectivity index (χ2v) is 3.97. The lowest BCUT2D eigenvalue weighted by Crippen LogP contribution is -2.36. The zero-order chi connectivity index (χ0) is 9.52. The van der Waals surface area contributed by atoms with Crippen LogP contribution < -0.4 is 5.32 Å². The molecule has 1 saturated heterocycles. The number of hydrogen-bond donors (Lipinski definition) is 1. The molecular weight excluding hydrogens is 162 g/mol. The molecule has 78 valence electrons. The average Bonchev–Trinajstić information content (AvgIpc) is 2.65. The second-order valence-electron chi connectivity index (χ2n) is 3.97. The van der Waals surface area contributed by atoms with Gasteiger partial charge in [-0.05, 0) is 31.7 Å². The van der Waals surface area contributed by atoms with Crippen molar-refractivity contribution in [1.29, 1.82) is 0 Å². The smallest absolute Gasteiger partial charge is 0.0510 e. The van der Waals surface area contributed by atoms with Gasteiger partial charge in [0.15, 0.2) is 0 Å². The summed E-state index contributed by atoms with van der Waals surface area (Å²) in [6.45, 7) is 7.58. The highest BCUT2D eigenvalue weighted by atomic mass is 16.5. The molecule has 2 nitrogen and oxygen atoms in total. The normalized spacial score (nSPS) is 24.9. The summed E-state index contributed by atoms with van der Waals surface area (Å²) in [6.07, 6.45) is 5.06. The molecule has 13 heavy (non-hydrogen) atoms. The number of nitrogens with one attached hydrogen (secondary N) is 1. The first-order valence-electron chi connectivity index (χ1n) is 5.69. The topological polar surface area (TPSA) is 21.3 Å². The number of rotatable bonds is 6. The van der Waals surface area contributed by atoms with E-state index in [1.165, 1.54) is 25.7 Å². The van der Waals surface area contributed by atoms with Crippen molar-refractivity contribution in [3.63, 3.8) is 0 Å². The molecule has 0 aromatic rings. The molecule has 0 bridgehead atoms. The van der Waals surface area contributed by atoms with E-state index in [0.717, 1.165) is 25.7 Å². The number of ether oxygens (including phenoxy) is 1. The maximum absolute atomic E-state index is 5.42. The van der Waals surface area contributed by atoms with E-state index < -0.39 is 0 Å². The fourth-order valence-corrected chi connectivity index (χ4v) is 2.02.